The van der Waals surface area contributed by atoms with Gasteiger partial charge in [-0.25, -0.2) is 0 Å². The van der Waals surface area contributed by atoms with Gasteiger partial charge in [0, 0.05) is 49.1 Å². The second kappa shape index (κ2) is 7.12. The molecule has 1 aliphatic carbocycles. The van der Waals surface area contributed by atoms with E-state index in [1.165, 1.54) is 41.9 Å². The molecule has 126 valence electrons. The molecule has 0 saturated carbocycles. The number of hydrogen-bond donors (Lipinski definition) is 0. The van der Waals surface area contributed by atoms with Crippen molar-refractivity contribution in [1.29, 1.82) is 0 Å². The molecule has 0 N–H and O–H groups in total. The van der Waals surface area contributed by atoms with E-state index in [1.54, 1.807) is 0 Å². The average Bonchev–Trinajstić information content (AvgIpc) is 2.63. The Bertz CT molecular complexity index is 691. The second-order valence-corrected chi connectivity index (χ2v) is 7.29. The van der Waals surface area contributed by atoms with Crippen LogP contribution in [0.1, 0.15) is 29.8 Å². The zero-order chi connectivity index (χ0) is 16.4. The predicted molar refractivity (Wildman–Crippen MR) is 99.8 cm³/mol. The van der Waals surface area contributed by atoms with Crippen molar-refractivity contribution >= 4 is 17.3 Å². The van der Waals surface area contributed by atoms with E-state index >= 15 is 0 Å². The van der Waals surface area contributed by atoms with E-state index in [9.17, 15) is 0 Å². The number of benzene rings is 1. The van der Waals surface area contributed by atoms with Crippen molar-refractivity contribution in [2.45, 2.75) is 32.2 Å². The highest BCUT2D eigenvalue weighted by atomic mass is 35.5. The molecule has 0 amide bonds. The summed E-state index contributed by atoms with van der Waals surface area (Å²) in [5, 5.41) is 0.802. The van der Waals surface area contributed by atoms with Gasteiger partial charge in [-0.15, -0.1) is 0 Å². The molecule has 2 aromatic rings. The number of hydrogen-bond acceptors (Lipinski definition) is 3. The molecule has 4 heteroatoms. The van der Waals surface area contributed by atoms with Crippen LogP contribution >= 0.6 is 11.6 Å². The fourth-order valence-electron chi connectivity index (χ4n) is 3.76. The highest BCUT2D eigenvalue weighted by Gasteiger charge is 2.18. The molecule has 2 heterocycles. The summed E-state index contributed by atoms with van der Waals surface area (Å²) in [6.07, 6.45) is 4.99. The number of anilines is 1. The Kier molecular flexibility index (Phi) is 4.72. The number of aromatic nitrogens is 1. The van der Waals surface area contributed by atoms with E-state index in [4.69, 9.17) is 16.6 Å². The van der Waals surface area contributed by atoms with Crippen LogP contribution in [0.4, 0.5) is 5.69 Å². The van der Waals surface area contributed by atoms with Gasteiger partial charge in [0.15, 0.2) is 0 Å². The summed E-state index contributed by atoms with van der Waals surface area (Å²) in [4.78, 5) is 9.88. The zero-order valence-corrected chi connectivity index (χ0v) is 14.8. The van der Waals surface area contributed by atoms with Crippen LogP contribution in [0.2, 0.25) is 5.02 Å². The first-order chi connectivity index (χ1) is 11.8. The maximum atomic E-state index is 5.98. The van der Waals surface area contributed by atoms with Crippen LogP contribution in [-0.4, -0.2) is 36.1 Å². The van der Waals surface area contributed by atoms with Crippen LogP contribution in [0.3, 0.4) is 0 Å². The van der Waals surface area contributed by atoms with Crippen molar-refractivity contribution in [1.82, 2.24) is 9.88 Å². The Morgan fingerprint density at radius 3 is 2.42 bits per heavy atom. The maximum Gasteiger partial charge on any atom is 0.0547 e. The van der Waals surface area contributed by atoms with E-state index in [0.717, 1.165) is 44.2 Å². The smallest absolute Gasteiger partial charge is 0.0547 e. The van der Waals surface area contributed by atoms with Gasteiger partial charge < -0.3 is 4.90 Å². The summed E-state index contributed by atoms with van der Waals surface area (Å²) in [5.41, 5.74) is 5.32. The monoisotopic (exact) mass is 341 g/mol. The van der Waals surface area contributed by atoms with Crippen LogP contribution in [0, 0.1) is 0 Å². The van der Waals surface area contributed by atoms with Crippen molar-refractivity contribution in [3.8, 4) is 0 Å². The Labute approximate surface area is 149 Å². The van der Waals surface area contributed by atoms with E-state index < -0.39 is 0 Å². The molecule has 0 unspecified atom stereocenters. The molecule has 0 bridgehead atoms. The van der Waals surface area contributed by atoms with Crippen molar-refractivity contribution in [3.63, 3.8) is 0 Å². The molecule has 1 saturated heterocycles. The summed E-state index contributed by atoms with van der Waals surface area (Å²) < 4.78 is 0. The van der Waals surface area contributed by atoms with Crippen LogP contribution in [0.25, 0.3) is 0 Å². The lowest BCUT2D eigenvalue weighted by Gasteiger charge is -2.36. The number of halogens is 1. The number of nitrogens with zero attached hydrogens (tertiary/aromatic N) is 3. The van der Waals surface area contributed by atoms with E-state index in [2.05, 4.69) is 34.1 Å². The van der Waals surface area contributed by atoms with E-state index in [1.807, 2.05) is 12.1 Å². The number of fused-ring (bicyclic) bond motifs is 1. The van der Waals surface area contributed by atoms with Crippen LogP contribution in [0.15, 0.2) is 36.4 Å². The normalized spacial score (nSPS) is 18.5. The summed E-state index contributed by atoms with van der Waals surface area (Å²) >= 11 is 5.98. The standard InChI is InChI=1S/C20H24ClN3/c21-17-6-9-19(10-7-17)24-13-11-23(12-14-24)15-18-8-5-16-3-1-2-4-20(16)22-18/h5-10H,1-4,11-15H2. The van der Waals surface area contributed by atoms with Crippen LogP contribution < -0.4 is 4.90 Å². The minimum absolute atomic E-state index is 0.802. The van der Waals surface area contributed by atoms with Crippen molar-refractivity contribution < 1.29 is 0 Å². The first kappa shape index (κ1) is 15.9. The number of piperazine rings is 1. The topological polar surface area (TPSA) is 19.4 Å². The number of pyridine rings is 1. The third-order valence-corrected chi connectivity index (χ3v) is 5.44. The highest BCUT2D eigenvalue weighted by Crippen LogP contribution is 2.22. The summed E-state index contributed by atoms with van der Waals surface area (Å²) in [5.74, 6) is 0. The van der Waals surface area contributed by atoms with Gasteiger partial charge in [-0.05, 0) is 61.6 Å². The Hall–Kier alpha value is -1.58. The van der Waals surface area contributed by atoms with Gasteiger partial charge in [-0.1, -0.05) is 17.7 Å². The molecule has 24 heavy (non-hydrogen) atoms. The van der Waals surface area contributed by atoms with Gasteiger partial charge in [-0.3, -0.25) is 9.88 Å². The molecule has 0 radical (unpaired) electrons. The molecule has 1 fully saturated rings. The molecule has 2 aliphatic rings. The molecular weight excluding hydrogens is 318 g/mol. The fourth-order valence-corrected chi connectivity index (χ4v) is 3.89. The maximum absolute atomic E-state index is 5.98. The molecular formula is C20H24ClN3. The summed E-state index contributed by atoms with van der Waals surface area (Å²) in [6.45, 7) is 5.27. The highest BCUT2D eigenvalue weighted by molar-refractivity contribution is 6.30. The van der Waals surface area contributed by atoms with Gasteiger partial charge in [0.25, 0.3) is 0 Å². The summed E-state index contributed by atoms with van der Waals surface area (Å²) in [7, 11) is 0. The molecule has 1 aromatic heterocycles. The molecule has 4 rings (SSSR count). The van der Waals surface area contributed by atoms with E-state index in [-0.39, 0.29) is 0 Å². The SMILES string of the molecule is Clc1ccc(N2CCN(Cc3ccc4c(n3)CCCC4)CC2)cc1. The fraction of sp³-hybridized carbons (Fsp3) is 0.450. The van der Waals surface area contributed by atoms with Gasteiger partial charge in [-0.2, -0.15) is 0 Å². The largest absolute Gasteiger partial charge is 0.369 e. The van der Waals surface area contributed by atoms with Crippen molar-refractivity contribution in [3.05, 3.63) is 58.4 Å². The third-order valence-electron chi connectivity index (χ3n) is 5.19. The molecule has 0 atom stereocenters. The molecule has 3 nitrogen and oxygen atoms in total. The quantitative estimate of drug-likeness (QED) is 0.843. The minimum atomic E-state index is 0.802. The second-order valence-electron chi connectivity index (χ2n) is 6.86. The Balaban J connectivity index is 1.35. The molecule has 1 aliphatic heterocycles. The first-order valence-electron chi connectivity index (χ1n) is 8.98. The average molecular weight is 342 g/mol. The third kappa shape index (κ3) is 3.57. The Morgan fingerprint density at radius 1 is 0.875 bits per heavy atom. The summed E-state index contributed by atoms with van der Waals surface area (Å²) in [6, 6.07) is 12.7. The Morgan fingerprint density at radius 2 is 1.62 bits per heavy atom. The van der Waals surface area contributed by atoms with Gasteiger partial charge in [0.1, 0.15) is 0 Å². The van der Waals surface area contributed by atoms with Crippen molar-refractivity contribution in [2.75, 3.05) is 31.1 Å². The predicted octanol–water partition coefficient (Wildman–Crippen LogP) is 3.94. The van der Waals surface area contributed by atoms with Gasteiger partial charge in [0.05, 0.1) is 5.69 Å². The van der Waals surface area contributed by atoms with Crippen molar-refractivity contribution in [2.24, 2.45) is 0 Å². The van der Waals surface area contributed by atoms with Crippen LogP contribution in [0.5, 0.6) is 0 Å². The van der Waals surface area contributed by atoms with Gasteiger partial charge >= 0.3 is 0 Å². The molecule has 1 aromatic carbocycles. The lowest BCUT2D eigenvalue weighted by molar-refractivity contribution is 0.247. The number of aryl methyl sites for hydroxylation is 2. The minimum Gasteiger partial charge on any atom is -0.369 e. The lowest BCUT2D eigenvalue weighted by Crippen LogP contribution is -2.46. The van der Waals surface area contributed by atoms with Gasteiger partial charge in [0.2, 0.25) is 0 Å². The van der Waals surface area contributed by atoms with E-state index in [0.29, 0.717) is 0 Å². The lowest BCUT2D eigenvalue weighted by atomic mass is 9.96. The first-order valence-corrected chi connectivity index (χ1v) is 9.36. The van der Waals surface area contributed by atoms with Crippen LogP contribution in [-0.2, 0) is 19.4 Å². The molecule has 0 spiro atoms. The number of rotatable bonds is 3. The zero-order valence-electron chi connectivity index (χ0n) is 14.0.